The largest absolute Gasteiger partial charge is 0.311 e. The average Bonchev–Trinajstić information content (AvgIpc) is 3.76. The number of para-hydroxylation sites is 2. The number of aromatic nitrogens is 1. The van der Waals surface area contributed by atoms with Crippen LogP contribution in [0.4, 0.5) is 17.1 Å². The normalized spacial score (nSPS) is 11.2. The zero-order chi connectivity index (χ0) is 45.2. The number of fused-ring (bicyclic) bond motifs is 3. The lowest BCUT2D eigenvalue weighted by Gasteiger charge is -2.26. The van der Waals surface area contributed by atoms with Gasteiger partial charge in [-0.1, -0.05) is 224 Å². The van der Waals surface area contributed by atoms with Crippen LogP contribution in [0.2, 0.25) is 0 Å². The van der Waals surface area contributed by atoms with E-state index in [-0.39, 0.29) is 0 Å². The molecule has 0 spiro atoms. The highest BCUT2D eigenvalue weighted by molar-refractivity contribution is 6.10. The molecule has 11 aromatic carbocycles. The third kappa shape index (κ3) is 7.74. The van der Waals surface area contributed by atoms with Crippen LogP contribution in [0.1, 0.15) is 0 Å². The first kappa shape index (κ1) is 40.5. The van der Waals surface area contributed by atoms with Gasteiger partial charge in [0.15, 0.2) is 0 Å². The first-order chi connectivity index (χ1) is 33.7. The summed E-state index contributed by atoms with van der Waals surface area (Å²) in [5, 5.41) is 2.47. The number of rotatable bonds is 10. The van der Waals surface area contributed by atoms with Crippen molar-refractivity contribution in [3.8, 4) is 72.4 Å². The zero-order valence-corrected chi connectivity index (χ0v) is 37.5. The minimum absolute atomic E-state index is 1.09. The second-order valence-electron chi connectivity index (χ2n) is 17.3. The third-order valence-electron chi connectivity index (χ3n) is 13.3. The van der Waals surface area contributed by atoms with Crippen LogP contribution in [-0.2, 0) is 0 Å². The molecule has 1 heterocycles. The summed E-state index contributed by atoms with van der Waals surface area (Å²) in [5.41, 5.74) is 21.1. The van der Waals surface area contributed by atoms with Gasteiger partial charge in [0, 0.05) is 33.4 Å². The molecular formula is C66H46N2. The fourth-order valence-electron chi connectivity index (χ4n) is 9.77. The summed E-state index contributed by atoms with van der Waals surface area (Å²) in [6.07, 6.45) is 0. The summed E-state index contributed by atoms with van der Waals surface area (Å²) in [6.45, 7) is 0. The average molecular weight is 867 g/mol. The van der Waals surface area contributed by atoms with Crippen molar-refractivity contribution in [3.63, 3.8) is 0 Å². The highest BCUT2D eigenvalue weighted by Gasteiger charge is 2.18. The summed E-state index contributed by atoms with van der Waals surface area (Å²) in [5.74, 6) is 0. The predicted molar refractivity (Wildman–Crippen MR) is 288 cm³/mol. The molecule has 0 fully saturated rings. The SMILES string of the molecule is c1ccc(-c2ccc(-c3ccc(N(c4ccc(-c5ccccc5)cc4)c4ccc(-c5ccc6c7ccccc7n(-c7ccccc7-c7ccc(-c8ccccc8)cc7)c6c5)cc4)cc3)cc2)cc1. The van der Waals surface area contributed by atoms with E-state index in [1.54, 1.807) is 0 Å². The molecule has 12 rings (SSSR count). The van der Waals surface area contributed by atoms with E-state index in [1.165, 1.54) is 83.0 Å². The van der Waals surface area contributed by atoms with Gasteiger partial charge >= 0.3 is 0 Å². The zero-order valence-electron chi connectivity index (χ0n) is 37.5. The molecule has 0 saturated heterocycles. The standard InChI is InChI=1S/C66H46N2/c1-4-14-47(15-5-1)50-24-26-52(27-25-50)54-34-41-59(42-35-54)67(58-39-32-53(33-40-58)49-18-8-3-9-19-49)60-43-36-55(37-44-60)57-38-45-63-62-21-11-13-23-65(62)68(66(63)46-57)64-22-12-10-20-61(64)56-30-28-51(29-31-56)48-16-6-2-7-17-48/h1-46H. The molecule has 0 aliphatic rings. The van der Waals surface area contributed by atoms with E-state index in [1.807, 2.05) is 0 Å². The molecule has 12 aromatic rings. The van der Waals surface area contributed by atoms with Crippen molar-refractivity contribution in [3.05, 3.63) is 279 Å². The van der Waals surface area contributed by atoms with Crippen molar-refractivity contribution in [2.75, 3.05) is 4.90 Å². The van der Waals surface area contributed by atoms with Crippen molar-refractivity contribution >= 4 is 38.9 Å². The molecule has 320 valence electrons. The second-order valence-corrected chi connectivity index (χ2v) is 17.3. The number of nitrogens with zero attached hydrogens (tertiary/aromatic N) is 2. The number of anilines is 3. The first-order valence-electron chi connectivity index (χ1n) is 23.3. The maximum atomic E-state index is 2.45. The first-order valence-corrected chi connectivity index (χ1v) is 23.3. The lowest BCUT2D eigenvalue weighted by atomic mass is 9.99. The van der Waals surface area contributed by atoms with E-state index < -0.39 is 0 Å². The Bertz CT molecular complexity index is 3650. The van der Waals surface area contributed by atoms with Gasteiger partial charge in [-0.3, -0.25) is 0 Å². The van der Waals surface area contributed by atoms with Crippen LogP contribution in [0.5, 0.6) is 0 Å². The van der Waals surface area contributed by atoms with Crippen molar-refractivity contribution in [2.45, 2.75) is 0 Å². The smallest absolute Gasteiger partial charge is 0.0547 e. The van der Waals surface area contributed by atoms with Crippen molar-refractivity contribution < 1.29 is 0 Å². The van der Waals surface area contributed by atoms with Gasteiger partial charge in [-0.25, -0.2) is 0 Å². The topological polar surface area (TPSA) is 8.17 Å². The number of benzene rings is 11. The Kier molecular flexibility index (Phi) is 10.6. The van der Waals surface area contributed by atoms with Crippen LogP contribution in [0.25, 0.3) is 94.3 Å². The molecule has 1 aromatic heterocycles. The summed E-state index contributed by atoms with van der Waals surface area (Å²) in [7, 11) is 0. The Morgan fingerprint density at radius 1 is 0.221 bits per heavy atom. The van der Waals surface area contributed by atoms with Gasteiger partial charge in [0.2, 0.25) is 0 Å². The highest BCUT2D eigenvalue weighted by atomic mass is 15.1. The van der Waals surface area contributed by atoms with Crippen LogP contribution in [-0.4, -0.2) is 4.57 Å². The van der Waals surface area contributed by atoms with E-state index in [9.17, 15) is 0 Å². The van der Waals surface area contributed by atoms with Crippen LogP contribution < -0.4 is 4.90 Å². The van der Waals surface area contributed by atoms with Crippen molar-refractivity contribution in [1.82, 2.24) is 4.57 Å². The maximum Gasteiger partial charge on any atom is 0.0547 e. The second kappa shape index (κ2) is 17.8. The maximum absolute atomic E-state index is 2.45. The third-order valence-corrected chi connectivity index (χ3v) is 13.3. The summed E-state index contributed by atoms with van der Waals surface area (Å²) in [4.78, 5) is 2.35. The number of hydrogen-bond donors (Lipinski definition) is 0. The molecule has 0 unspecified atom stereocenters. The molecule has 0 aliphatic carbocycles. The summed E-state index contributed by atoms with van der Waals surface area (Å²) in [6, 6.07) is 101. The van der Waals surface area contributed by atoms with Gasteiger partial charge in [-0.2, -0.15) is 0 Å². The van der Waals surface area contributed by atoms with Crippen LogP contribution in [0.15, 0.2) is 279 Å². The van der Waals surface area contributed by atoms with Gasteiger partial charge in [0.25, 0.3) is 0 Å². The quantitative estimate of drug-likeness (QED) is 0.133. The Hall–Kier alpha value is -8.98. The highest BCUT2D eigenvalue weighted by Crippen LogP contribution is 2.41. The fraction of sp³-hybridized carbons (Fsp3) is 0. The Labute approximate surface area is 397 Å². The van der Waals surface area contributed by atoms with E-state index in [0.717, 1.165) is 28.3 Å². The predicted octanol–water partition coefficient (Wildman–Crippen LogP) is 18.3. The van der Waals surface area contributed by atoms with Gasteiger partial charge in [0.05, 0.1) is 16.7 Å². The van der Waals surface area contributed by atoms with E-state index in [4.69, 9.17) is 0 Å². The van der Waals surface area contributed by atoms with Crippen molar-refractivity contribution in [2.24, 2.45) is 0 Å². The monoisotopic (exact) mass is 866 g/mol. The van der Waals surface area contributed by atoms with Crippen LogP contribution >= 0.6 is 0 Å². The molecule has 0 aliphatic heterocycles. The minimum Gasteiger partial charge on any atom is -0.311 e. The molecule has 0 radical (unpaired) electrons. The Balaban J connectivity index is 0.904. The molecule has 0 bridgehead atoms. The van der Waals surface area contributed by atoms with Crippen molar-refractivity contribution in [1.29, 1.82) is 0 Å². The molecule has 0 amide bonds. The minimum atomic E-state index is 1.09. The van der Waals surface area contributed by atoms with E-state index in [2.05, 4.69) is 289 Å². The van der Waals surface area contributed by atoms with Gasteiger partial charge in [-0.15, -0.1) is 0 Å². The lowest BCUT2D eigenvalue weighted by molar-refractivity contribution is 1.18. The Morgan fingerprint density at radius 3 is 1.01 bits per heavy atom. The molecule has 2 nitrogen and oxygen atoms in total. The summed E-state index contributed by atoms with van der Waals surface area (Å²) >= 11 is 0. The lowest BCUT2D eigenvalue weighted by Crippen LogP contribution is -2.09. The van der Waals surface area contributed by atoms with Gasteiger partial charge in [0.1, 0.15) is 0 Å². The molecule has 2 heteroatoms. The fourth-order valence-corrected chi connectivity index (χ4v) is 9.77. The molecule has 0 atom stereocenters. The summed E-state index contributed by atoms with van der Waals surface area (Å²) < 4.78 is 2.45. The molecule has 0 N–H and O–H groups in total. The van der Waals surface area contributed by atoms with Crippen LogP contribution in [0, 0.1) is 0 Å². The molecular weight excluding hydrogens is 821 g/mol. The Morgan fingerprint density at radius 2 is 0.544 bits per heavy atom. The van der Waals surface area contributed by atoms with Gasteiger partial charge < -0.3 is 9.47 Å². The van der Waals surface area contributed by atoms with Crippen LogP contribution in [0.3, 0.4) is 0 Å². The molecule has 68 heavy (non-hydrogen) atoms. The molecule has 0 saturated carbocycles. The number of hydrogen-bond acceptors (Lipinski definition) is 1. The van der Waals surface area contributed by atoms with Gasteiger partial charge in [-0.05, 0) is 116 Å². The van der Waals surface area contributed by atoms with E-state index >= 15 is 0 Å². The van der Waals surface area contributed by atoms with E-state index in [0.29, 0.717) is 0 Å².